The Kier molecular flexibility index (Phi) is 7.55. The van der Waals surface area contributed by atoms with Gasteiger partial charge in [-0.2, -0.15) is 0 Å². The number of nitrogens with one attached hydrogen (secondary N) is 1. The van der Waals surface area contributed by atoms with Crippen LogP contribution in [0.4, 0.5) is 8.78 Å². The molecule has 1 unspecified atom stereocenters. The molecule has 2 heterocycles. The van der Waals surface area contributed by atoms with E-state index in [1.54, 1.807) is 0 Å². The number of benzene rings is 2. The number of hydrogen-bond acceptors (Lipinski definition) is 3. The van der Waals surface area contributed by atoms with Crippen LogP contribution in [0.15, 0.2) is 48.5 Å². The molecule has 180 valence electrons. The van der Waals surface area contributed by atoms with Crippen molar-refractivity contribution in [1.82, 2.24) is 15.1 Å². The number of carbonyl (C=O) groups excluding carboxylic acids is 3. The summed E-state index contributed by atoms with van der Waals surface area (Å²) in [4.78, 5) is 42.1. The van der Waals surface area contributed by atoms with Crippen molar-refractivity contribution in [3.8, 4) is 0 Å². The van der Waals surface area contributed by atoms with Gasteiger partial charge in [0.15, 0.2) is 0 Å². The summed E-state index contributed by atoms with van der Waals surface area (Å²) in [6, 6.07) is 11.9. The van der Waals surface area contributed by atoms with Crippen molar-refractivity contribution in [1.29, 1.82) is 0 Å². The molecule has 0 aromatic heterocycles. The summed E-state index contributed by atoms with van der Waals surface area (Å²) in [5, 5.41) is 2.97. The number of amides is 3. The molecule has 2 aliphatic heterocycles. The lowest BCUT2D eigenvalue weighted by molar-refractivity contribution is -0.137. The van der Waals surface area contributed by atoms with Gasteiger partial charge in [0.25, 0.3) is 5.91 Å². The first-order chi connectivity index (χ1) is 16.4. The Labute approximate surface area is 197 Å². The molecule has 2 aromatic rings. The van der Waals surface area contributed by atoms with Crippen LogP contribution in [-0.2, 0) is 16.0 Å². The van der Waals surface area contributed by atoms with E-state index in [-0.39, 0.29) is 36.4 Å². The van der Waals surface area contributed by atoms with Crippen molar-refractivity contribution in [3.63, 3.8) is 0 Å². The zero-order valence-electron chi connectivity index (χ0n) is 19.0. The minimum Gasteiger partial charge on any atom is -0.344 e. The fraction of sp³-hybridized carbons (Fsp3) is 0.423. The van der Waals surface area contributed by atoms with Crippen LogP contribution in [0.2, 0.25) is 0 Å². The van der Waals surface area contributed by atoms with Gasteiger partial charge >= 0.3 is 0 Å². The minimum absolute atomic E-state index is 0.0610. The Morgan fingerprint density at radius 3 is 2.24 bits per heavy atom. The van der Waals surface area contributed by atoms with E-state index in [9.17, 15) is 23.2 Å². The first kappa shape index (κ1) is 23.9. The average molecular weight is 470 g/mol. The smallest absolute Gasteiger partial charge is 0.256 e. The second-order valence-electron chi connectivity index (χ2n) is 8.97. The van der Waals surface area contributed by atoms with Crippen LogP contribution in [0.25, 0.3) is 0 Å². The Morgan fingerprint density at radius 2 is 1.59 bits per heavy atom. The van der Waals surface area contributed by atoms with Crippen LogP contribution >= 0.6 is 0 Å². The third-order valence-electron chi connectivity index (χ3n) is 6.63. The summed E-state index contributed by atoms with van der Waals surface area (Å²) >= 11 is 0. The number of hydrogen-bond donors (Lipinski definition) is 1. The Morgan fingerprint density at radius 1 is 0.912 bits per heavy atom. The molecule has 1 N–H and O–H groups in total. The standard InChI is InChI=1S/C26H29F2N3O3/c27-20-8-9-21(22(28)17-20)25(33)31-14-10-19(11-15-31)24(32)29-23(16-18-6-2-1-3-7-18)26(34)30-12-4-5-13-30/h1-3,6-9,17,19,23H,4-5,10-16H2,(H,29,32). The van der Waals surface area contributed by atoms with Crippen molar-refractivity contribution >= 4 is 17.7 Å². The maximum absolute atomic E-state index is 14.0. The molecule has 6 nitrogen and oxygen atoms in total. The van der Waals surface area contributed by atoms with Gasteiger partial charge in [0.05, 0.1) is 5.56 Å². The molecule has 2 saturated heterocycles. The molecule has 0 radical (unpaired) electrons. The summed E-state index contributed by atoms with van der Waals surface area (Å²) in [6.45, 7) is 2.00. The number of nitrogens with zero attached hydrogens (tertiary/aromatic N) is 2. The molecule has 34 heavy (non-hydrogen) atoms. The zero-order chi connectivity index (χ0) is 24.1. The van der Waals surface area contributed by atoms with E-state index >= 15 is 0 Å². The van der Waals surface area contributed by atoms with E-state index in [1.807, 2.05) is 35.2 Å². The first-order valence-corrected chi connectivity index (χ1v) is 11.8. The van der Waals surface area contributed by atoms with Gasteiger partial charge in [-0.3, -0.25) is 14.4 Å². The molecule has 0 aliphatic carbocycles. The fourth-order valence-corrected chi connectivity index (χ4v) is 4.68. The van der Waals surface area contributed by atoms with Crippen molar-refractivity contribution < 1.29 is 23.2 Å². The van der Waals surface area contributed by atoms with Crippen molar-refractivity contribution in [2.45, 2.75) is 38.1 Å². The summed E-state index contributed by atoms with van der Waals surface area (Å²) in [5.74, 6) is -2.75. The van der Waals surface area contributed by atoms with Gasteiger partial charge in [0.1, 0.15) is 17.7 Å². The van der Waals surface area contributed by atoms with Crippen LogP contribution in [0.5, 0.6) is 0 Å². The van der Waals surface area contributed by atoms with Crippen LogP contribution in [-0.4, -0.2) is 59.7 Å². The molecular formula is C26H29F2N3O3. The van der Waals surface area contributed by atoms with Gasteiger partial charge in [-0.1, -0.05) is 30.3 Å². The van der Waals surface area contributed by atoms with E-state index < -0.39 is 23.6 Å². The largest absolute Gasteiger partial charge is 0.344 e. The predicted octanol–water partition coefficient (Wildman–Crippen LogP) is 3.17. The van der Waals surface area contributed by atoms with Crippen LogP contribution in [0.1, 0.15) is 41.6 Å². The highest BCUT2D eigenvalue weighted by Crippen LogP contribution is 2.22. The molecule has 3 amide bonds. The van der Waals surface area contributed by atoms with E-state index in [4.69, 9.17) is 0 Å². The lowest BCUT2D eigenvalue weighted by Crippen LogP contribution is -2.52. The quantitative estimate of drug-likeness (QED) is 0.707. The van der Waals surface area contributed by atoms with Crippen molar-refractivity contribution in [2.75, 3.05) is 26.2 Å². The molecule has 8 heteroatoms. The van der Waals surface area contributed by atoms with Crippen molar-refractivity contribution in [3.05, 3.63) is 71.3 Å². The number of carbonyl (C=O) groups is 3. The zero-order valence-corrected chi connectivity index (χ0v) is 19.0. The summed E-state index contributed by atoms with van der Waals surface area (Å²) in [5.41, 5.74) is 0.797. The molecule has 4 rings (SSSR count). The summed E-state index contributed by atoms with van der Waals surface area (Å²) in [6.07, 6.45) is 3.19. The topological polar surface area (TPSA) is 69.7 Å². The van der Waals surface area contributed by atoms with E-state index in [1.165, 1.54) is 4.90 Å². The molecule has 1 atom stereocenters. The van der Waals surface area contributed by atoms with Gasteiger partial charge in [0, 0.05) is 44.6 Å². The lowest BCUT2D eigenvalue weighted by atomic mass is 9.94. The number of piperidine rings is 1. The second kappa shape index (κ2) is 10.8. The molecule has 2 aliphatic rings. The maximum Gasteiger partial charge on any atom is 0.256 e. The molecule has 0 spiro atoms. The number of rotatable bonds is 6. The van der Waals surface area contributed by atoms with Crippen LogP contribution in [0.3, 0.4) is 0 Å². The summed E-state index contributed by atoms with van der Waals surface area (Å²) < 4.78 is 27.2. The minimum atomic E-state index is -0.894. The highest BCUT2D eigenvalue weighted by atomic mass is 19.1. The van der Waals surface area contributed by atoms with Gasteiger partial charge in [-0.05, 0) is 43.4 Å². The monoisotopic (exact) mass is 469 g/mol. The Hall–Kier alpha value is -3.29. The Bertz CT molecular complexity index is 1030. The fourth-order valence-electron chi connectivity index (χ4n) is 4.68. The van der Waals surface area contributed by atoms with Gasteiger partial charge < -0.3 is 15.1 Å². The SMILES string of the molecule is O=C(NC(Cc1ccccc1)C(=O)N1CCCC1)C1CCN(C(=O)c2ccc(F)cc2F)CC1. The Balaban J connectivity index is 1.37. The summed E-state index contributed by atoms with van der Waals surface area (Å²) in [7, 11) is 0. The highest BCUT2D eigenvalue weighted by molar-refractivity contribution is 5.95. The number of likely N-dealkylation sites (tertiary alicyclic amines) is 2. The third kappa shape index (κ3) is 5.61. The first-order valence-electron chi connectivity index (χ1n) is 11.8. The molecule has 0 bridgehead atoms. The van der Waals surface area contributed by atoms with Gasteiger partial charge in [-0.15, -0.1) is 0 Å². The average Bonchev–Trinajstić information content (AvgIpc) is 3.38. The van der Waals surface area contributed by atoms with Crippen molar-refractivity contribution in [2.24, 2.45) is 5.92 Å². The third-order valence-corrected chi connectivity index (χ3v) is 6.63. The van der Waals surface area contributed by atoms with E-state index in [0.29, 0.717) is 38.4 Å². The molecular weight excluding hydrogens is 440 g/mol. The predicted molar refractivity (Wildman–Crippen MR) is 123 cm³/mol. The lowest BCUT2D eigenvalue weighted by Gasteiger charge is -2.32. The normalized spacial score (nSPS) is 17.5. The van der Waals surface area contributed by atoms with E-state index in [2.05, 4.69) is 5.32 Å². The van der Waals surface area contributed by atoms with Gasteiger partial charge in [-0.25, -0.2) is 8.78 Å². The van der Waals surface area contributed by atoms with Crippen LogP contribution < -0.4 is 5.32 Å². The second-order valence-corrected chi connectivity index (χ2v) is 8.97. The van der Waals surface area contributed by atoms with Gasteiger partial charge in [0.2, 0.25) is 11.8 Å². The van der Waals surface area contributed by atoms with E-state index in [0.717, 1.165) is 30.5 Å². The molecule has 0 saturated carbocycles. The highest BCUT2D eigenvalue weighted by Gasteiger charge is 2.33. The number of halogens is 2. The molecule has 2 aromatic carbocycles. The maximum atomic E-state index is 14.0. The van der Waals surface area contributed by atoms with Crippen LogP contribution in [0, 0.1) is 17.6 Å². The molecule has 2 fully saturated rings.